The second-order valence-corrected chi connectivity index (χ2v) is 5.81. The number of thiazole rings is 1. The minimum Gasteiger partial charge on any atom is -0.397 e. The Morgan fingerprint density at radius 3 is 2.70 bits per heavy atom. The molecule has 2 heterocycles. The summed E-state index contributed by atoms with van der Waals surface area (Å²) in [7, 11) is 0. The number of amides is 1. The molecule has 0 saturated heterocycles. The lowest BCUT2D eigenvalue weighted by molar-refractivity contribution is 0.100. The van der Waals surface area contributed by atoms with Crippen molar-refractivity contribution in [3.05, 3.63) is 33.4 Å². The van der Waals surface area contributed by atoms with Crippen molar-refractivity contribution in [2.24, 2.45) is 5.73 Å². The van der Waals surface area contributed by atoms with E-state index in [2.05, 4.69) is 15.3 Å². The van der Waals surface area contributed by atoms with Crippen LogP contribution in [0.1, 0.15) is 38.9 Å². The van der Waals surface area contributed by atoms with E-state index in [4.69, 9.17) is 11.5 Å². The van der Waals surface area contributed by atoms with Crippen molar-refractivity contribution >= 4 is 28.7 Å². The molecule has 0 saturated carbocycles. The number of rotatable bonds is 4. The first-order valence-corrected chi connectivity index (χ1v) is 6.96. The molecule has 0 aliphatic heterocycles. The SMILES string of the molecule is Cc1nc(C)c(C(C)Nc2ncc(N)cc2C(N)=O)s1. The summed E-state index contributed by atoms with van der Waals surface area (Å²) in [6.45, 7) is 5.91. The Hall–Kier alpha value is -2.15. The van der Waals surface area contributed by atoms with E-state index < -0.39 is 5.91 Å². The number of hydrogen-bond donors (Lipinski definition) is 3. The van der Waals surface area contributed by atoms with Gasteiger partial charge in [0.1, 0.15) is 5.82 Å². The number of nitrogen functional groups attached to an aromatic ring is 1. The van der Waals surface area contributed by atoms with Gasteiger partial charge in [0.05, 0.1) is 34.2 Å². The minimum atomic E-state index is -0.559. The number of primary amides is 1. The van der Waals surface area contributed by atoms with Crippen LogP contribution < -0.4 is 16.8 Å². The third-order valence-corrected chi connectivity index (χ3v) is 4.12. The van der Waals surface area contributed by atoms with Gasteiger partial charge in [0, 0.05) is 4.88 Å². The maximum atomic E-state index is 11.4. The molecule has 0 aliphatic carbocycles. The Morgan fingerprint density at radius 2 is 2.15 bits per heavy atom. The van der Waals surface area contributed by atoms with Gasteiger partial charge in [-0.15, -0.1) is 11.3 Å². The number of nitrogens with zero attached hydrogens (tertiary/aromatic N) is 2. The maximum absolute atomic E-state index is 11.4. The Balaban J connectivity index is 2.30. The van der Waals surface area contributed by atoms with E-state index in [-0.39, 0.29) is 11.6 Å². The fourth-order valence-electron chi connectivity index (χ4n) is 2.00. The highest BCUT2D eigenvalue weighted by Crippen LogP contribution is 2.28. The largest absolute Gasteiger partial charge is 0.397 e. The summed E-state index contributed by atoms with van der Waals surface area (Å²) in [5, 5.41) is 4.20. The van der Waals surface area contributed by atoms with Crippen LogP contribution in [0, 0.1) is 13.8 Å². The maximum Gasteiger partial charge on any atom is 0.252 e. The number of pyridine rings is 1. The zero-order valence-corrected chi connectivity index (χ0v) is 12.4. The lowest BCUT2D eigenvalue weighted by Gasteiger charge is -2.15. The average Bonchev–Trinajstić information content (AvgIpc) is 2.70. The van der Waals surface area contributed by atoms with E-state index in [1.807, 2.05) is 20.8 Å². The van der Waals surface area contributed by atoms with E-state index >= 15 is 0 Å². The molecule has 0 radical (unpaired) electrons. The lowest BCUT2D eigenvalue weighted by atomic mass is 10.2. The molecule has 106 valence electrons. The van der Waals surface area contributed by atoms with Gasteiger partial charge in [-0.2, -0.15) is 0 Å². The van der Waals surface area contributed by atoms with Crippen molar-refractivity contribution in [3.8, 4) is 0 Å². The molecule has 0 fully saturated rings. The van der Waals surface area contributed by atoms with Gasteiger partial charge in [0.15, 0.2) is 0 Å². The van der Waals surface area contributed by atoms with Crippen LogP contribution in [0.4, 0.5) is 11.5 Å². The molecule has 20 heavy (non-hydrogen) atoms. The Bertz CT molecular complexity index is 652. The van der Waals surface area contributed by atoms with Crippen molar-refractivity contribution < 1.29 is 4.79 Å². The Kier molecular flexibility index (Phi) is 3.89. The van der Waals surface area contributed by atoms with Crippen LogP contribution in [0.15, 0.2) is 12.3 Å². The van der Waals surface area contributed by atoms with E-state index in [0.717, 1.165) is 15.6 Å². The number of carbonyl (C=O) groups excluding carboxylic acids is 1. The topological polar surface area (TPSA) is 107 Å². The zero-order chi connectivity index (χ0) is 14.9. The van der Waals surface area contributed by atoms with Gasteiger partial charge < -0.3 is 16.8 Å². The molecule has 2 rings (SSSR count). The van der Waals surface area contributed by atoms with Crippen LogP contribution in [0.2, 0.25) is 0 Å². The smallest absolute Gasteiger partial charge is 0.252 e. The lowest BCUT2D eigenvalue weighted by Crippen LogP contribution is -2.17. The summed E-state index contributed by atoms with van der Waals surface area (Å²) < 4.78 is 0. The van der Waals surface area contributed by atoms with E-state index in [1.165, 1.54) is 12.3 Å². The Labute approximate surface area is 121 Å². The molecule has 1 unspecified atom stereocenters. The van der Waals surface area contributed by atoms with Gasteiger partial charge in [0.2, 0.25) is 0 Å². The van der Waals surface area contributed by atoms with Crippen molar-refractivity contribution in [1.82, 2.24) is 9.97 Å². The quantitative estimate of drug-likeness (QED) is 0.798. The molecule has 0 aromatic carbocycles. The second kappa shape index (κ2) is 5.46. The standard InChI is InChI=1S/C13H17N5OS/c1-6-11(20-8(3)17-6)7(2)18-13-10(12(15)19)4-9(14)5-16-13/h4-5,7H,14H2,1-3H3,(H2,15,19)(H,16,18). The van der Waals surface area contributed by atoms with E-state index in [0.29, 0.717) is 11.5 Å². The summed E-state index contributed by atoms with van der Waals surface area (Å²) >= 11 is 1.62. The van der Waals surface area contributed by atoms with Gasteiger partial charge in [-0.05, 0) is 26.8 Å². The van der Waals surface area contributed by atoms with Crippen LogP contribution >= 0.6 is 11.3 Å². The first-order valence-electron chi connectivity index (χ1n) is 6.14. The van der Waals surface area contributed by atoms with Gasteiger partial charge in [0.25, 0.3) is 5.91 Å². The first-order chi connectivity index (χ1) is 9.38. The number of carbonyl (C=O) groups is 1. The van der Waals surface area contributed by atoms with E-state index in [9.17, 15) is 4.79 Å². The van der Waals surface area contributed by atoms with Gasteiger partial charge in [-0.25, -0.2) is 9.97 Å². The van der Waals surface area contributed by atoms with Crippen LogP contribution in [0.3, 0.4) is 0 Å². The predicted molar refractivity (Wildman–Crippen MR) is 80.8 cm³/mol. The highest BCUT2D eigenvalue weighted by molar-refractivity contribution is 7.11. The summed E-state index contributed by atoms with van der Waals surface area (Å²) in [4.78, 5) is 21.1. The van der Waals surface area contributed by atoms with Crippen molar-refractivity contribution in [1.29, 1.82) is 0 Å². The summed E-state index contributed by atoms with van der Waals surface area (Å²) in [6.07, 6.45) is 1.49. The normalized spacial score (nSPS) is 12.2. The highest BCUT2D eigenvalue weighted by Gasteiger charge is 2.17. The van der Waals surface area contributed by atoms with Crippen LogP contribution in [-0.2, 0) is 0 Å². The molecule has 5 N–H and O–H groups in total. The van der Waals surface area contributed by atoms with Gasteiger partial charge >= 0.3 is 0 Å². The number of aromatic nitrogens is 2. The third kappa shape index (κ3) is 2.88. The fourth-order valence-corrected chi connectivity index (χ4v) is 2.93. The third-order valence-electron chi connectivity index (χ3n) is 2.86. The molecule has 6 nitrogen and oxygen atoms in total. The molecule has 0 aliphatic rings. The van der Waals surface area contributed by atoms with E-state index in [1.54, 1.807) is 11.3 Å². The number of hydrogen-bond acceptors (Lipinski definition) is 6. The monoisotopic (exact) mass is 291 g/mol. The van der Waals surface area contributed by atoms with Crippen molar-refractivity contribution in [2.75, 3.05) is 11.1 Å². The molecular formula is C13H17N5OS. The molecule has 0 spiro atoms. The molecule has 7 heteroatoms. The Morgan fingerprint density at radius 1 is 1.45 bits per heavy atom. The minimum absolute atomic E-state index is 0.0181. The van der Waals surface area contributed by atoms with Gasteiger partial charge in [-0.1, -0.05) is 0 Å². The van der Waals surface area contributed by atoms with Crippen LogP contribution in [0.5, 0.6) is 0 Å². The summed E-state index contributed by atoms with van der Waals surface area (Å²) in [5.74, 6) is -0.124. The average molecular weight is 291 g/mol. The number of nitrogens with two attached hydrogens (primary N) is 2. The van der Waals surface area contributed by atoms with Gasteiger partial charge in [-0.3, -0.25) is 4.79 Å². The predicted octanol–water partition coefficient (Wildman–Crippen LogP) is 2.01. The zero-order valence-electron chi connectivity index (χ0n) is 11.6. The molecule has 1 atom stereocenters. The fraction of sp³-hybridized carbons (Fsp3) is 0.308. The molecular weight excluding hydrogens is 274 g/mol. The summed E-state index contributed by atoms with van der Waals surface area (Å²) in [5.41, 5.74) is 12.6. The number of nitrogens with one attached hydrogen (secondary N) is 1. The molecule has 1 amide bonds. The number of anilines is 2. The first kappa shape index (κ1) is 14.3. The molecule has 2 aromatic rings. The van der Waals surface area contributed by atoms with Crippen molar-refractivity contribution in [3.63, 3.8) is 0 Å². The molecule has 0 bridgehead atoms. The van der Waals surface area contributed by atoms with Crippen LogP contribution in [-0.4, -0.2) is 15.9 Å². The highest BCUT2D eigenvalue weighted by atomic mass is 32.1. The summed E-state index contributed by atoms with van der Waals surface area (Å²) in [6, 6.07) is 1.50. The molecule has 2 aromatic heterocycles. The second-order valence-electron chi connectivity index (χ2n) is 4.58. The van der Waals surface area contributed by atoms with Crippen LogP contribution in [0.25, 0.3) is 0 Å². The number of aryl methyl sites for hydroxylation is 2. The van der Waals surface area contributed by atoms with Crippen molar-refractivity contribution in [2.45, 2.75) is 26.8 Å².